The zero-order valence-electron chi connectivity index (χ0n) is 10.5. The predicted molar refractivity (Wildman–Crippen MR) is 74.8 cm³/mol. The second-order valence-electron chi connectivity index (χ2n) is 4.20. The summed E-state index contributed by atoms with van der Waals surface area (Å²) in [6, 6.07) is 14.2. The van der Waals surface area contributed by atoms with E-state index in [0.717, 1.165) is 24.3 Å². The normalized spacial score (nSPS) is 12.2. The van der Waals surface area contributed by atoms with Crippen molar-refractivity contribution < 1.29 is 4.42 Å². The molecule has 2 aromatic rings. The fourth-order valence-corrected chi connectivity index (χ4v) is 1.69. The van der Waals surface area contributed by atoms with Crippen LogP contribution in [0.15, 0.2) is 70.4 Å². The molecule has 2 nitrogen and oxygen atoms in total. The largest absolute Gasteiger partial charge is 0.469 e. The third-order valence-electron chi connectivity index (χ3n) is 2.61. The van der Waals surface area contributed by atoms with E-state index in [4.69, 9.17) is 4.42 Å². The van der Waals surface area contributed by atoms with E-state index in [2.05, 4.69) is 35.3 Å². The number of furan rings is 1. The zero-order valence-corrected chi connectivity index (χ0v) is 10.5. The van der Waals surface area contributed by atoms with Crippen LogP contribution >= 0.6 is 0 Å². The summed E-state index contributed by atoms with van der Waals surface area (Å²) in [5.74, 6) is 0.952. The predicted octanol–water partition coefficient (Wildman–Crippen LogP) is 4.04. The fraction of sp³-hybridized carbons (Fsp3) is 0.188. The molecule has 0 N–H and O–H groups in total. The summed E-state index contributed by atoms with van der Waals surface area (Å²) in [5.41, 5.74) is 2.35. The van der Waals surface area contributed by atoms with Crippen LogP contribution in [-0.2, 0) is 12.8 Å². The van der Waals surface area contributed by atoms with E-state index in [1.165, 1.54) is 5.56 Å². The Balaban J connectivity index is 1.83. The highest BCUT2D eigenvalue weighted by Crippen LogP contribution is 2.03. The van der Waals surface area contributed by atoms with Gasteiger partial charge < -0.3 is 4.42 Å². The van der Waals surface area contributed by atoms with Crippen LogP contribution in [0.4, 0.5) is 0 Å². The van der Waals surface area contributed by atoms with E-state index < -0.39 is 0 Å². The maximum absolute atomic E-state index is 5.27. The van der Waals surface area contributed by atoms with E-state index in [1.807, 2.05) is 31.3 Å². The van der Waals surface area contributed by atoms with Gasteiger partial charge in [0.25, 0.3) is 0 Å². The van der Waals surface area contributed by atoms with Gasteiger partial charge in [0.2, 0.25) is 0 Å². The van der Waals surface area contributed by atoms with Crippen molar-refractivity contribution in [3.05, 3.63) is 72.3 Å². The SMILES string of the molecule is CC(Cc1ccco1)=N/C=C\Cc1ccccc1. The van der Waals surface area contributed by atoms with Crippen molar-refractivity contribution >= 4 is 5.71 Å². The first kappa shape index (κ1) is 12.4. The van der Waals surface area contributed by atoms with Gasteiger partial charge >= 0.3 is 0 Å². The Labute approximate surface area is 108 Å². The molecule has 0 saturated heterocycles. The van der Waals surface area contributed by atoms with Crippen molar-refractivity contribution in [1.82, 2.24) is 0 Å². The highest BCUT2D eigenvalue weighted by molar-refractivity contribution is 5.84. The Morgan fingerprint density at radius 3 is 2.72 bits per heavy atom. The number of allylic oxidation sites excluding steroid dienone is 1. The minimum Gasteiger partial charge on any atom is -0.469 e. The van der Waals surface area contributed by atoms with Crippen molar-refractivity contribution in [2.24, 2.45) is 4.99 Å². The number of hydrogen-bond donors (Lipinski definition) is 0. The van der Waals surface area contributed by atoms with Crippen LogP contribution in [0.2, 0.25) is 0 Å². The summed E-state index contributed by atoms with van der Waals surface area (Å²) >= 11 is 0. The van der Waals surface area contributed by atoms with Gasteiger partial charge in [0.15, 0.2) is 0 Å². The first-order valence-corrected chi connectivity index (χ1v) is 6.09. The maximum Gasteiger partial charge on any atom is 0.109 e. The number of benzene rings is 1. The van der Waals surface area contributed by atoms with Gasteiger partial charge in [-0.2, -0.15) is 0 Å². The van der Waals surface area contributed by atoms with Crippen LogP contribution < -0.4 is 0 Å². The number of nitrogens with zero attached hydrogens (tertiary/aromatic N) is 1. The van der Waals surface area contributed by atoms with Crippen molar-refractivity contribution in [2.75, 3.05) is 0 Å². The fourth-order valence-electron chi connectivity index (χ4n) is 1.69. The molecule has 0 aliphatic rings. The lowest BCUT2D eigenvalue weighted by Gasteiger charge is -1.95. The molecule has 2 rings (SSSR count). The molecule has 0 radical (unpaired) electrons. The molecule has 0 unspecified atom stereocenters. The molecule has 0 bridgehead atoms. The van der Waals surface area contributed by atoms with Gasteiger partial charge in [-0.25, -0.2) is 0 Å². The number of aliphatic imine (C=N–C) groups is 1. The summed E-state index contributed by atoms with van der Waals surface area (Å²) in [6.07, 6.45) is 7.31. The van der Waals surface area contributed by atoms with E-state index in [0.29, 0.717) is 0 Å². The number of hydrogen-bond acceptors (Lipinski definition) is 2. The topological polar surface area (TPSA) is 25.5 Å². The van der Waals surface area contributed by atoms with Gasteiger partial charge in [-0.15, -0.1) is 0 Å². The Morgan fingerprint density at radius 2 is 2.00 bits per heavy atom. The Hall–Kier alpha value is -2.09. The molecule has 92 valence electrons. The Bertz CT molecular complexity index is 509. The second kappa shape index (κ2) is 6.60. The minimum absolute atomic E-state index is 0.767. The van der Waals surface area contributed by atoms with Crippen molar-refractivity contribution in [3.63, 3.8) is 0 Å². The smallest absolute Gasteiger partial charge is 0.109 e. The van der Waals surface area contributed by atoms with Crippen LogP contribution in [0.1, 0.15) is 18.2 Å². The minimum atomic E-state index is 0.767. The van der Waals surface area contributed by atoms with Gasteiger partial charge in [0.05, 0.1) is 6.26 Å². The summed E-state index contributed by atoms with van der Waals surface area (Å²) < 4.78 is 5.27. The maximum atomic E-state index is 5.27. The molecule has 2 heteroatoms. The lowest BCUT2D eigenvalue weighted by Crippen LogP contribution is -1.94. The monoisotopic (exact) mass is 239 g/mol. The molecule has 1 aromatic heterocycles. The lowest BCUT2D eigenvalue weighted by molar-refractivity contribution is 0.526. The Kier molecular flexibility index (Phi) is 4.53. The summed E-state index contributed by atoms with van der Waals surface area (Å²) in [5, 5.41) is 0. The van der Waals surface area contributed by atoms with Crippen LogP contribution in [0.25, 0.3) is 0 Å². The molecule has 1 aromatic carbocycles. The quantitative estimate of drug-likeness (QED) is 0.723. The molecule has 0 fully saturated rings. The first-order chi connectivity index (χ1) is 8.84. The van der Waals surface area contributed by atoms with Crippen LogP contribution in [0.5, 0.6) is 0 Å². The lowest BCUT2D eigenvalue weighted by atomic mass is 10.1. The average Bonchev–Trinajstić information content (AvgIpc) is 2.89. The van der Waals surface area contributed by atoms with Crippen LogP contribution in [0.3, 0.4) is 0 Å². The van der Waals surface area contributed by atoms with Gasteiger partial charge in [-0.3, -0.25) is 4.99 Å². The molecule has 0 atom stereocenters. The van der Waals surface area contributed by atoms with Crippen LogP contribution in [-0.4, -0.2) is 5.71 Å². The van der Waals surface area contributed by atoms with Gasteiger partial charge in [0.1, 0.15) is 5.76 Å². The summed E-state index contributed by atoms with van der Waals surface area (Å²) in [6.45, 7) is 2.01. The standard InChI is InChI=1S/C16H17NO/c1-14(13-16-10-6-12-18-16)17-11-5-9-15-7-3-2-4-8-15/h2-8,10-12H,9,13H2,1H3/b11-5-,17-14?. The van der Waals surface area contributed by atoms with Crippen molar-refractivity contribution in [2.45, 2.75) is 19.8 Å². The molecule has 1 heterocycles. The molecule has 0 saturated carbocycles. The second-order valence-corrected chi connectivity index (χ2v) is 4.20. The molecular weight excluding hydrogens is 222 g/mol. The van der Waals surface area contributed by atoms with Gasteiger partial charge in [-0.05, 0) is 31.0 Å². The van der Waals surface area contributed by atoms with Gasteiger partial charge in [-0.1, -0.05) is 36.4 Å². The first-order valence-electron chi connectivity index (χ1n) is 6.09. The number of rotatable bonds is 5. The summed E-state index contributed by atoms with van der Waals surface area (Å²) in [7, 11) is 0. The molecule has 0 spiro atoms. The molecule has 0 amide bonds. The Morgan fingerprint density at radius 1 is 1.17 bits per heavy atom. The molecule has 18 heavy (non-hydrogen) atoms. The van der Waals surface area contributed by atoms with E-state index in [1.54, 1.807) is 6.26 Å². The van der Waals surface area contributed by atoms with Crippen LogP contribution in [0, 0.1) is 0 Å². The summed E-state index contributed by atoms with van der Waals surface area (Å²) in [4.78, 5) is 4.39. The molecular formula is C16H17NO. The van der Waals surface area contributed by atoms with Crippen molar-refractivity contribution in [3.8, 4) is 0 Å². The molecule has 0 aliphatic heterocycles. The van der Waals surface area contributed by atoms with E-state index >= 15 is 0 Å². The third-order valence-corrected chi connectivity index (χ3v) is 2.61. The van der Waals surface area contributed by atoms with Gasteiger partial charge in [0, 0.05) is 18.3 Å². The average molecular weight is 239 g/mol. The zero-order chi connectivity index (χ0) is 12.6. The highest BCUT2D eigenvalue weighted by atomic mass is 16.3. The third kappa shape index (κ3) is 4.06. The molecule has 0 aliphatic carbocycles. The highest BCUT2D eigenvalue weighted by Gasteiger charge is 1.96. The van der Waals surface area contributed by atoms with Crippen molar-refractivity contribution in [1.29, 1.82) is 0 Å². The van der Waals surface area contributed by atoms with E-state index in [-0.39, 0.29) is 0 Å². The van der Waals surface area contributed by atoms with E-state index in [9.17, 15) is 0 Å².